The van der Waals surface area contributed by atoms with Crippen LogP contribution < -0.4 is 10.1 Å². The number of benzene rings is 2. The SMILES string of the molecule is COc1ccc(Cc2ccc(C3CCNCC3)cc2)cc1. The van der Waals surface area contributed by atoms with Crippen molar-refractivity contribution in [3.8, 4) is 5.75 Å². The Bertz CT molecular complexity index is 553. The zero-order valence-corrected chi connectivity index (χ0v) is 12.6. The van der Waals surface area contributed by atoms with Gasteiger partial charge in [-0.05, 0) is 67.1 Å². The monoisotopic (exact) mass is 281 g/mol. The first kappa shape index (κ1) is 14.2. The third-order valence-corrected chi connectivity index (χ3v) is 4.36. The van der Waals surface area contributed by atoms with Gasteiger partial charge in [0.2, 0.25) is 0 Å². The molecule has 2 nitrogen and oxygen atoms in total. The van der Waals surface area contributed by atoms with Crippen molar-refractivity contribution in [2.24, 2.45) is 0 Å². The molecule has 3 rings (SSSR count). The van der Waals surface area contributed by atoms with Crippen molar-refractivity contribution >= 4 is 0 Å². The standard InChI is InChI=1S/C19H23NO/c1-21-19-8-4-16(5-9-19)14-15-2-6-17(7-3-15)18-10-12-20-13-11-18/h2-9,18,20H,10-14H2,1H3. The molecule has 110 valence electrons. The fraction of sp³-hybridized carbons (Fsp3) is 0.368. The van der Waals surface area contributed by atoms with Crippen molar-refractivity contribution < 1.29 is 4.74 Å². The molecular weight excluding hydrogens is 258 g/mol. The number of methoxy groups -OCH3 is 1. The zero-order chi connectivity index (χ0) is 14.5. The molecule has 0 amide bonds. The highest BCUT2D eigenvalue weighted by atomic mass is 16.5. The summed E-state index contributed by atoms with van der Waals surface area (Å²) in [6, 6.07) is 17.5. The van der Waals surface area contributed by atoms with Crippen molar-refractivity contribution in [2.75, 3.05) is 20.2 Å². The Morgan fingerprint density at radius 3 is 2.05 bits per heavy atom. The maximum atomic E-state index is 5.20. The van der Waals surface area contributed by atoms with Crippen LogP contribution in [0.15, 0.2) is 48.5 Å². The first-order chi connectivity index (χ1) is 10.3. The minimum Gasteiger partial charge on any atom is -0.497 e. The second-order valence-corrected chi connectivity index (χ2v) is 5.79. The maximum Gasteiger partial charge on any atom is 0.118 e. The van der Waals surface area contributed by atoms with Crippen LogP contribution in [0.25, 0.3) is 0 Å². The van der Waals surface area contributed by atoms with E-state index in [4.69, 9.17) is 4.74 Å². The fourth-order valence-corrected chi connectivity index (χ4v) is 3.04. The highest BCUT2D eigenvalue weighted by molar-refractivity contribution is 5.33. The van der Waals surface area contributed by atoms with E-state index in [9.17, 15) is 0 Å². The quantitative estimate of drug-likeness (QED) is 0.921. The van der Waals surface area contributed by atoms with Crippen LogP contribution >= 0.6 is 0 Å². The smallest absolute Gasteiger partial charge is 0.118 e. The Balaban J connectivity index is 1.65. The van der Waals surface area contributed by atoms with Gasteiger partial charge >= 0.3 is 0 Å². The molecule has 1 saturated heterocycles. The van der Waals surface area contributed by atoms with E-state index in [1.807, 2.05) is 12.1 Å². The molecule has 2 heteroatoms. The van der Waals surface area contributed by atoms with Crippen molar-refractivity contribution in [1.82, 2.24) is 5.32 Å². The van der Waals surface area contributed by atoms with Crippen LogP contribution in [0.1, 0.15) is 35.4 Å². The van der Waals surface area contributed by atoms with Crippen LogP contribution in [-0.4, -0.2) is 20.2 Å². The molecule has 0 spiro atoms. The Morgan fingerprint density at radius 1 is 0.905 bits per heavy atom. The summed E-state index contributed by atoms with van der Waals surface area (Å²) in [7, 11) is 1.70. The van der Waals surface area contributed by atoms with Gasteiger partial charge < -0.3 is 10.1 Å². The third kappa shape index (κ3) is 3.64. The second kappa shape index (κ2) is 6.77. The molecule has 0 aliphatic carbocycles. The van der Waals surface area contributed by atoms with Crippen molar-refractivity contribution in [2.45, 2.75) is 25.2 Å². The van der Waals surface area contributed by atoms with Crippen LogP contribution in [0.5, 0.6) is 5.75 Å². The molecule has 2 aromatic rings. The van der Waals surface area contributed by atoms with Gasteiger partial charge in [-0.1, -0.05) is 36.4 Å². The highest BCUT2D eigenvalue weighted by Crippen LogP contribution is 2.25. The highest BCUT2D eigenvalue weighted by Gasteiger charge is 2.14. The average Bonchev–Trinajstić information content (AvgIpc) is 2.57. The normalized spacial score (nSPS) is 15.9. The Morgan fingerprint density at radius 2 is 1.48 bits per heavy atom. The van der Waals surface area contributed by atoms with E-state index >= 15 is 0 Å². The van der Waals surface area contributed by atoms with Crippen molar-refractivity contribution in [1.29, 1.82) is 0 Å². The van der Waals surface area contributed by atoms with Crippen LogP contribution in [0.4, 0.5) is 0 Å². The van der Waals surface area contributed by atoms with Gasteiger partial charge in [-0.25, -0.2) is 0 Å². The molecule has 1 fully saturated rings. The number of nitrogens with one attached hydrogen (secondary N) is 1. The molecule has 1 aliphatic rings. The Labute approximate surface area is 127 Å². The number of piperidine rings is 1. The molecule has 0 saturated carbocycles. The van der Waals surface area contributed by atoms with Crippen molar-refractivity contribution in [3.63, 3.8) is 0 Å². The van der Waals surface area contributed by atoms with Crippen molar-refractivity contribution in [3.05, 3.63) is 65.2 Å². The molecule has 1 aliphatic heterocycles. The van der Waals surface area contributed by atoms with Gasteiger partial charge in [0.05, 0.1) is 7.11 Å². The molecule has 1 N–H and O–H groups in total. The van der Waals surface area contributed by atoms with Gasteiger partial charge in [-0.3, -0.25) is 0 Å². The van der Waals surface area contributed by atoms with Gasteiger partial charge in [0, 0.05) is 0 Å². The van der Waals surface area contributed by atoms with E-state index in [-0.39, 0.29) is 0 Å². The summed E-state index contributed by atoms with van der Waals surface area (Å²) in [5.41, 5.74) is 4.19. The predicted octanol–water partition coefficient (Wildman–Crippen LogP) is 3.75. The molecule has 0 aromatic heterocycles. The Hall–Kier alpha value is -1.80. The van der Waals surface area contributed by atoms with E-state index in [0.29, 0.717) is 0 Å². The summed E-state index contributed by atoms with van der Waals surface area (Å²) in [5.74, 6) is 1.65. The maximum absolute atomic E-state index is 5.20. The van der Waals surface area contributed by atoms with E-state index in [2.05, 4.69) is 41.7 Å². The van der Waals surface area contributed by atoms with Gasteiger partial charge in [0.1, 0.15) is 5.75 Å². The molecule has 0 atom stereocenters. The summed E-state index contributed by atoms with van der Waals surface area (Å²) in [4.78, 5) is 0. The number of ether oxygens (including phenoxy) is 1. The van der Waals surface area contributed by atoms with Gasteiger partial charge in [-0.15, -0.1) is 0 Å². The zero-order valence-electron chi connectivity index (χ0n) is 12.6. The van der Waals surface area contributed by atoms with E-state index in [1.54, 1.807) is 7.11 Å². The van der Waals surface area contributed by atoms with Gasteiger partial charge in [0.15, 0.2) is 0 Å². The second-order valence-electron chi connectivity index (χ2n) is 5.79. The summed E-state index contributed by atoms with van der Waals surface area (Å²) in [5, 5.41) is 3.43. The summed E-state index contributed by atoms with van der Waals surface area (Å²) >= 11 is 0. The number of hydrogen-bond donors (Lipinski definition) is 1. The summed E-state index contributed by atoms with van der Waals surface area (Å²) < 4.78 is 5.20. The molecule has 21 heavy (non-hydrogen) atoms. The third-order valence-electron chi connectivity index (χ3n) is 4.36. The minimum absolute atomic E-state index is 0.737. The molecule has 2 aromatic carbocycles. The lowest BCUT2D eigenvalue weighted by atomic mass is 9.89. The lowest BCUT2D eigenvalue weighted by Gasteiger charge is -2.23. The molecular formula is C19H23NO. The molecule has 0 radical (unpaired) electrons. The van der Waals surface area contributed by atoms with Gasteiger partial charge in [-0.2, -0.15) is 0 Å². The fourth-order valence-electron chi connectivity index (χ4n) is 3.04. The van der Waals surface area contributed by atoms with Crippen LogP contribution in [0.3, 0.4) is 0 Å². The number of rotatable bonds is 4. The van der Waals surface area contributed by atoms with Gasteiger partial charge in [0.25, 0.3) is 0 Å². The summed E-state index contributed by atoms with van der Waals surface area (Å²) in [6.07, 6.45) is 3.51. The topological polar surface area (TPSA) is 21.3 Å². The minimum atomic E-state index is 0.737. The Kier molecular flexibility index (Phi) is 4.56. The molecule has 0 unspecified atom stereocenters. The summed E-state index contributed by atoms with van der Waals surface area (Å²) in [6.45, 7) is 2.30. The predicted molar refractivity (Wildman–Crippen MR) is 87.1 cm³/mol. The van der Waals surface area contributed by atoms with E-state index in [0.717, 1.165) is 31.2 Å². The average molecular weight is 281 g/mol. The number of hydrogen-bond acceptors (Lipinski definition) is 2. The van der Waals surface area contributed by atoms with Crippen LogP contribution in [-0.2, 0) is 6.42 Å². The molecule has 0 bridgehead atoms. The van der Waals surface area contributed by atoms with Crippen LogP contribution in [0, 0.1) is 0 Å². The first-order valence-corrected chi connectivity index (χ1v) is 7.77. The molecule has 1 heterocycles. The first-order valence-electron chi connectivity index (χ1n) is 7.77. The van der Waals surface area contributed by atoms with Crippen LogP contribution in [0.2, 0.25) is 0 Å². The lowest BCUT2D eigenvalue weighted by Crippen LogP contribution is -2.26. The van der Waals surface area contributed by atoms with E-state index < -0.39 is 0 Å². The lowest BCUT2D eigenvalue weighted by molar-refractivity contribution is 0.414. The largest absolute Gasteiger partial charge is 0.497 e. The van der Waals surface area contributed by atoms with E-state index in [1.165, 1.54) is 29.5 Å².